The van der Waals surface area contributed by atoms with Crippen molar-refractivity contribution < 1.29 is 4.74 Å². The van der Waals surface area contributed by atoms with Crippen LogP contribution in [-0.4, -0.2) is 68.0 Å². The van der Waals surface area contributed by atoms with E-state index < -0.39 is 0 Å². The lowest BCUT2D eigenvalue weighted by molar-refractivity contribution is 0.0177. The number of aliphatic imine (C=N–C) groups is 1. The van der Waals surface area contributed by atoms with E-state index >= 15 is 0 Å². The van der Waals surface area contributed by atoms with E-state index in [1.807, 2.05) is 41.7 Å². The first-order chi connectivity index (χ1) is 13.8. The van der Waals surface area contributed by atoms with Crippen LogP contribution in [0.15, 0.2) is 33.0 Å². The predicted octanol–water partition coefficient (Wildman–Crippen LogP) is 3.23. The summed E-state index contributed by atoms with van der Waals surface area (Å²) in [5.41, 5.74) is 0. The first-order valence-corrected chi connectivity index (χ1v) is 12.3. The number of nitrogens with zero attached hydrogens (tertiary/aromatic N) is 3. The number of hydrogen-bond donors (Lipinski definition) is 2. The van der Waals surface area contributed by atoms with E-state index in [0.29, 0.717) is 6.04 Å². The molecular formula is C19H29N5OS3. The largest absolute Gasteiger partial charge is 0.379 e. The van der Waals surface area contributed by atoms with Gasteiger partial charge < -0.3 is 15.4 Å². The minimum absolute atomic E-state index is 0.349. The van der Waals surface area contributed by atoms with Crippen molar-refractivity contribution in [2.45, 2.75) is 23.7 Å². The van der Waals surface area contributed by atoms with E-state index in [4.69, 9.17) is 4.74 Å². The lowest BCUT2D eigenvalue weighted by Gasteiger charge is -2.34. The fourth-order valence-electron chi connectivity index (χ4n) is 3.07. The van der Waals surface area contributed by atoms with Gasteiger partial charge in [0.25, 0.3) is 0 Å². The average Bonchev–Trinajstić information content (AvgIpc) is 3.39. The molecule has 1 atom stereocenters. The summed E-state index contributed by atoms with van der Waals surface area (Å²) >= 11 is 5.39. The zero-order valence-corrected chi connectivity index (χ0v) is 19.0. The van der Waals surface area contributed by atoms with E-state index in [2.05, 4.69) is 44.6 Å². The first-order valence-electron chi connectivity index (χ1n) is 9.61. The van der Waals surface area contributed by atoms with Gasteiger partial charge in [0.05, 0.1) is 19.3 Å². The molecule has 154 valence electrons. The lowest BCUT2D eigenvalue weighted by Crippen LogP contribution is -2.46. The normalized spacial score (nSPS) is 16.9. The van der Waals surface area contributed by atoms with Crippen LogP contribution >= 0.6 is 34.4 Å². The maximum atomic E-state index is 5.54. The third-order valence-electron chi connectivity index (χ3n) is 4.51. The van der Waals surface area contributed by atoms with Crippen molar-refractivity contribution in [3.05, 3.63) is 33.5 Å². The van der Waals surface area contributed by atoms with E-state index in [0.717, 1.165) is 61.9 Å². The number of aryl methyl sites for hydroxylation is 1. The van der Waals surface area contributed by atoms with E-state index in [1.54, 1.807) is 11.3 Å². The van der Waals surface area contributed by atoms with Crippen molar-refractivity contribution in [1.82, 2.24) is 20.5 Å². The third-order valence-corrected chi connectivity index (χ3v) is 7.67. The van der Waals surface area contributed by atoms with Gasteiger partial charge in [-0.1, -0.05) is 11.8 Å². The van der Waals surface area contributed by atoms with Gasteiger partial charge in [0.15, 0.2) is 5.96 Å². The van der Waals surface area contributed by atoms with Crippen LogP contribution in [0.25, 0.3) is 0 Å². The van der Waals surface area contributed by atoms with Crippen LogP contribution in [0.5, 0.6) is 0 Å². The van der Waals surface area contributed by atoms with Gasteiger partial charge in [-0.15, -0.1) is 22.7 Å². The minimum Gasteiger partial charge on any atom is -0.379 e. The number of guanidine groups is 1. The SMILES string of the molecule is CN=C(NCCCSc1nccs1)NCC(c1ccc(C)s1)N1CCOCC1. The highest BCUT2D eigenvalue weighted by atomic mass is 32.2. The molecule has 1 aliphatic rings. The second-order valence-corrected chi connectivity index (χ2v) is 10.0. The first kappa shape index (κ1) is 21.6. The highest BCUT2D eigenvalue weighted by Gasteiger charge is 2.24. The second-order valence-electron chi connectivity index (χ2n) is 6.49. The molecule has 1 fully saturated rings. The molecule has 9 heteroatoms. The van der Waals surface area contributed by atoms with Crippen molar-refractivity contribution in [3.8, 4) is 0 Å². The van der Waals surface area contributed by atoms with Crippen LogP contribution in [0.1, 0.15) is 22.2 Å². The van der Waals surface area contributed by atoms with Crippen molar-refractivity contribution in [3.63, 3.8) is 0 Å². The molecule has 1 saturated heterocycles. The Balaban J connectivity index is 1.45. The number of thiazole rings is 1. The van der Waals surface area contributed by atoms with Crippen molar-refractivity contribution >= 4 is 40.4 Å². The van der Waals surface area contributed by atoms with Crippen LogP contribution in [-0.2, 0) is 4.74 Å². The Morgan fingerprint density at radius 3 is 2.89 bits per heavy atom. The Kier molecular flexibility index (Phi) is 9.07. The molecule has 0 amide bonds. The Labute approximate surface area is 179 Å². The summed E-state index contributed by atoms with van der Waals surface area (Å²) < 4.78 is 6.68. The average molecular weight is 440 g/mol. The van der Waals surface area contributed by atoms with Crippen LogP contribution in [0.2, 0.25) is 0 Å². The molecule has 0 spiro atoms. The summed E-state index contributed by atoms with van der Waals surface area (Å²) in [5, 5.41) is 8.98. The number of hydrogen-bond acceptors (Lipinski definition) is 7. The van der Waals surface area contributed by atoms with Crippen LogP contribution in [0.4, 0.5) is 0 Å². The Hall–Kier alpha value is -1.13. The van der Waals surface area contributed by atoms with Gasteiger partial charge in [0.2, 0.25) is 0 Å². The Morgan fingerprint density at radius 1 is 1.36 bits per heavy atom. The summed E-state index contributed by atoms with van der Waals surface area (Å²) in [5.74, 6) is 1.92. The molecule has 0 radical (unpaired) electrons. The fraction of sp³-hybridized carbons (Fsp3) is 0.579. The number of rotatable bonds is 9. The molecule has 2 N–H and O–H groups in total. The topological polar surface area (TPSA) is 61.8 Å². The number of nitrogens with one attached hydrogen (secondary N) is 2. The number of morpholine rings is 1. The zero-order chi connectivity index (χ0) is 19.6. The maximum absolute atomic E-state index is 5.54. The summed E-state index contributed by atoms with van der Waals surface area (Å²) in [6.45, 7) is 7.48. The van der Waals surface area contributed by atoms with Crippen molar-refractivity contribution in [2.24, 2.45) is 4.99 Å². The number of thioether (sulfide) groups is 1. The molecule has 0 aromatic carbocycles. The predicted molar refractivity (Wildman–Crippen MR) is 121 cm³/mol. The summed E-state index contributed by atoms with van der Waals surface area (Å²) in [6.07, 6.45) is 2.93. The number of thiophene rings is 1. The second kappa shape index (κ2) is 11.8. The quantitative estimate of drug-likeness (QED) is 0.271. The molecule has 2 aromatic heterocycles. The van der Waals surface area contributed by atoms with E-state index in [1.165, 1.54) is 9.75 Å². The molecule has 0 bridgehead atoms. The monoisotopic (exact) mass is 439 g/mol. The maximum Gasteiger partial charge on any atom is 0.191 e. The van der Waals surface area contributed by atoms with Gasteiger partial charge in [-0.25, -0.2) is 4.98 Å². The minimum atomic E-state index is 0.349. The van der Waals surface area contributed by atoms with Crippen molar-refractivity contribution in [1.29, 1.82) is 0 Å². The molecular weight excluding hydrogens is 410 g/mol. The van der Waals surface area contributed by atoms with Crippen molar-refractivity contribution in [2.75, 3.05) is 52.2 Å². The van der Waals surface area contributed by atoms with Gasteiger partial charge in [-0.2, -0.15) is 0 Å². The fourth-order valence-corrected chi connectivity index (χ4v) is 5.73. The smallest absolute Gasteiger partial charge is 0.191 e. The number of aromatic nitrogens is 1. The van der Waals surface area contributed by atoms with Gasteiger partial charge in [-0.05, 0) is 25.5 Å². The van der Waals surface area contributed by atoms with Gasteiger partial charge in [0, 0.05) is 60.3 Å². The molecule has 1 aliphatic heterocycles. The van der Waals surface area contributed by atoms with Gasteiger partial charge in [-0.3, -0.25) is 9.89 Å². The third kappa shape index (κ3) is 6.73. The summed E-state index contributed by atoms with van der Waals surface area (Å²) in [6, 6.07) is 4.82. The molecule has 3 heterocycles. The molecule has 2 aromatic rings. The summed E-state index contributed by atoms with van der Waals surface area (Å²) in [4.78, 5) is 14.0. The Morgan fingerprint density at radius 2 is 2.21 bits per heavy atom. The van der Waals surface area contributed by atoms with Crippen LogP contribution in [0.3, 0.4) is 0 Å². The van der Waals surface area contributed by atoms with Gasteiger partial charge in [0.1, 0.15) is 4.34 Å². The molecule has 0 saturated carbocycles. The van der Waals surface area contributed by atoms with Gasteiger partial charge >= 0.3 is 0 Å². The highest BCUT2D eigenvalue weighted by Crippen LogP contribution is 2.27. The van der Waals surface area contributed by atoms with E-state index in [-0.39, 0.29) is 0 Å². The molecule has 6 nitrogen and oxygen atoms in total. The molecule has 3 rings (SSSR count). The molecule has 1 unspecified atom stereocenters. The lowest BCUT2D eigenvalue weighted by atomic mass is 10.2. The van der Waals surface area contributed by atoms with E-state index in [9.17, 15) is 0 Å². The zero-order valence-electron chi connectivity index (χ0n) is 16.5. The molecule has 28 heavy (non-hydrogen) atoms. The van der Waals surface area contributed by atoms with Crippen LogP contribution < -0.4 is 10.6 Å². The Bertz CT molecular complexity index is 713. The highest BCUT2D eigenvalue weighted by molar-refractivity contribution is 8.00. The number of ether oxygens (including phenoxy) is 1. The van der Waals surface area contributed by atoms with Crippen LogP contribution in [0, 0.1) is 6.92 Å². The standard InChI is InChI=1S/C19H29N5OS3/c1-15-4-5-17(28-15)16(24-8-10-25-11-9-24)14-23-18(20-2)21-6-3-12-26-19-22-7-13-27-19/h4-5,7,13,16H,3,6,8-12,14H2,1-2H3,(H2,20,21,23). The summed E-state index contributed by atoms with van der Waals surface area (Å²) in [7, 11) is 1.83. The molecule has 0 aliphatic carbocycles.